The molecule has 0 bridgehead atoms. The van der Waals surface area contributed by atoms with E-state index in [2.05, 4.69) is 26.5 Å². The predicted octanol–water partition coefficient (Wildman–Crippen LogP) is 6.03. The van der Waals surface area contributed by atoms with E-state index in [0.717, 1.165) is 10.9 Å². The van der Waals surface area contributed by atoms with Gasteiger partial charge in [-0.3, -0.25) is 4.79 Å². The van der Waals surface area contributed by atoms with Gasteiger partial charge in [0.1, 0.15) is 17.2 Å². The largest absolute Gasteiger partial charge is 0.494 e. The summed E-state index contributed by atoms with van der Waals surface area (Å²) in [6.45, 7) is 4.22. The number of nitrogens with one attached hydrogen (secondary N) is 1. The fourth-order valence-electron chi connectivity index (χ4n) is 2.83. The number of hydrogen-bond donors (Lipinski definition) is 1. The SMILES string of the molecule is CCCOc1ccc(C(=O)Oc2ccc(Br)cc2/C=N/NC(=O)C(C)Oc2cccc(Cl)c2)cc1. The normalized spacial score (nSPS) is 11.7. The van der Waals surface area contributed by atoms with E-state index in [1.807, 2.05) is 6.92 Å². The van der Waals surface area contributed by atoms with E-state index < -0.39 is 18.0 Å². The number of ether oxygens (including phenoxy) is 3. The Hall–Kier alpha value is -3.36. The molecule has 1 atom stereocenters. The maximum atomic E-state index is 12.6. The standard InChI is InChI=1S/C26H24BrClN2O5/c1-3-13-33-22-10-7-18(8-11-22)26(32)35-24-12-9-20(27)14-19(24)16-29-30-25(31)17(2)34-23-6-4-5-21(28)15-23/h4-12,14-17H,3,13H2,1-2H3,(H,30,31)/b29-16+. The van der Waals surface area contributed by atoms with Crippen LogP contribution in [0.4, 0.5) is 0 Å². The lowest BCUT2D eigenvalue weighted by Gasteiger charge is -2.13. The predicted molar refractivity (Wildman–Crippen MR) is 139 cm³/mol. The zero-order valence-corrected chi connectivity index (χ0v) is 21.5. The fourth-order valence-corrected chi connectivity index (χ4v) is 3.39. The summed E-state index contributed by atoms with van der Waals surface area (Å²) in [5, 5.41) is 4.49. The summed E-state index contributed by atoms with van der Waals surface area (Å²) in [6.07, 6.45) is 1.47. The number of halogens is 2. The zero-order valence-electron chi connectivity index (χ0n) is 19.2. The minimum atomic E-state index is -0.810. The molecule has 3 aromatic rings. The summed E-state index contributed by atoms with van der Waals surface area (Å²) in [5.41, 5.74) is 3.28. The third kappa shape index (κ3) is 8.12. The second kappa shape index (κ2) is 12.9. The lowest BCUT2D eigenvalue weighted by atomic mass is 10.2. The second-order valence-corrected chi connectivity index (χ2v) is 8.75. The van der Waals surface area contributed by atoms with Gasteiger partial charge < -0.3 is 14.2 Å². The third-order valence-corrected chi connectivity index (χ3v) is 5.32. The molecule has 7 nitrogen and oxygen atoms in total. The molecule has 1 N–H and O–H groups in total. The first-order chi connectivity index (χ1) is 16.9. The lowest BCUT2D eigenvalue weighted by Crippen LogP contribution is -2.33. The molecule has 0 fully saturated rings. The Balaban J connectivity index is 1.63. The number of hydrazone groups is 1. The van der Waals surface area contributed by atoms with Crippen LogP contribution < -0.4 is 19.6 Å². The first-order valence-electron chi connectivity index (χ1n) is 10.9. The highest BCUT2D eigenvalue weighted by Crippen LogP contribution is 2.23. The van der Waals surface area contributed by atoms with Crippen molar-refractivity contribution in [3.63, 3.8) is 0 Å². The number of hydrogen-bond acceptors (Lipinski definition) is 6. The highest BCUT2D eigenvalue weighted by molar-refractivity contribution is 9.10. The van der Waals surface area contributed by atoms with Gasteiger partial charge in [0.25, 0.3) is 5.91 Å². The highest BCUT2D eigenvalue weighted by Gasteiger charge is 2.15. The van der Waals surface area contributed by atoms with Crippen LogP contribution in [0, 0.1) is 0 Å². The number of rotatable bonds is 10. The first-order valence-corrected chi connectivity index (χ1v) is 12.0. The number of nitrogens with zero attached hydrogens (tertiary/aromatic N) is 1. The van der Waals surface area contributed by atoms with E-state index in [4.69, 9.17) is 25.8 Å². The molecule has 0 aliphatic heterocycles. The summed E-state index contributed by atoms with van der Waals surface area (Å²) in [5.74, 6) is 0.446. The Morgan fingerprint density at radius 3 is 2.57 bits per heavy atom. The van der Waals surface area contributed by atoms with Crippen LogP contribution >= 0.6 is 27.5 Å². The Bertz CT molecular complexity index is 1200. The van der Waals surface area contributed by atoms with Crippen molar-refractivity contribution in [1.29, 1.82) is 0 Å². The molecule has 0 spiro atoms. The Morgan fingerprint density at radius 1 is 1.09 bits per heavy atom. The quantitative estimate of drug-likeness (QED) is 0.142. The van der Waals surface area contributed by atoms with Crippen molar-refractivity contribution in [2.75, 3.05) is 6.61 Å². The van der Waals surface area contributed by atoms with Gasteiger partial charge in [0.05, 0.1) is 18.4 Å². The molecule has 0 radical (unpaired) electrons. The van der Waals surface area contributed by atoms with E-state index in [0.29, 0.717) is 34.3 Å². The first kappa shape index (κ1) is 26.2. The minimum Gasteiger partial charge on any atom is -0.494 e. The van der Waals surface area contributed by atoms with Crippen LogP contribution in [0.2, 0.25) is 5.02 Å². The van der Waals surface area contributed by atoms with Crippen molar-refractivity contribution in [3.05, 3.63) is 87.4 Å². The number of carbonyl (C=O) groups is 2. The second-order valence-electron chi connectivity index (χ2n) is 7.40. The van der Waals surface area contributed by atoms with Crippen molar-refractivity contribution in [2.45, 2.75) is 26.4 Å². The van der Waals surface area contributed by atoms with Crippen molar-refractivity contribution < 1.29 is 23.8 Å². The van der Waals surface area contributed by atoms with E-state index in [1.165, 1.54) is 6.21 Å². The molecular weight excluding hydrogens is 536 g/mol. The zero-order chi connectivity index (χ0) is 25.2. The van der Waals surface area contributed by atoms with Crippen LogP contribution in [-0.2, 0) is 4.79 Å². The monoisotopic (exact) mass is 558 g/mol. The van der Waals surface area contributed by atoms with Crippen LogP contribution in [-0.4, -0.2) is 30.8 Å². The van der Waals surface area contributed by atoms with Crippen molar-refractivity contribution in [3.8, 4) is 17.2 Å². The van der Waals surface area contributed by atoms with Gasteiger partial charge in [-0.1, -0.05) is 40.5 Å². The molecule has 9 heteroatoms. The smallest absolute Gasteiger partial charge is 0.343 e. The maximum Gasteiger partial charge on any atom is 0.343 e. The fraction of sp³-hybridized carbons (Fsp3) is 0.192. The summed E-state index contributed by atoms with van der Waals surface area (Å²) < 4.78 is 17.4. The Morgan fingerprint density at radius 2 is 1.86 bits per heavy atom. The van der Waals surface area contributed by atoms with Crippen LogP contribution in [0.25, 0.3) is 0 Å². The van der Waals surface area contributed by atoms with E-state index in [9.17, 15) is 9.59 Å². The third-order valence-electron chi connectivity index (χ3n) is 4.59. The number of esters is 1. The number of benzene rings is 3. The molecule has 1 amide bonds. The molecule has 35 heavy (non-hydrogen) atoms. The Kier molecular flexibility index (Phi) is 9.69. The van der Waals surface area contributed by atoms with Crippen molar-refractivity contribution in [1.82, 2.24) is 5.43 Å². The lowest BCUT2D eigenvalue weighted by molar-refractivity contribution is -0.127. The highest BCUT2D eigenvalue weighted by atomic mass is 79.9. The average molecular weight is 560 g/mol. The molecular formula is C26H24BrClN2O5. The molecule has 0 aliphatic carbocycles. The summed E-state index contributed by atoms with van der Waals surface area (Å²) in [4.78, 5) is 25.0. The van der Waals surface area contributed by atoms with Gasteiger partial charge in [0.15, 0.2) is 6.10 Å². The van der Waals surface area contributed by atoms with Crippen LogP contribution in [0.15, 0.2) is 76.3 Å². The molecule has 3 rings (SSSR count). The van der Waals surface area contributed by atoms with Gasteiger partial charge in [-0.15, -0.1) is 0 Å². The van der Waals surface area contributed by atoms with Gasteiger partial charge in [-0.05, 0) is 74.0 Å². The van der Waals surface area contributed by atoms with Gasteiger partial charge in [0, 0.05) is 15.1 Å². The van der Waals surface area contributed by atoms with Gasteiger partial charge in [0.2, 0.25) is 0 Å². The maximum absolute atomic E-state index is 12.6. The van der Waals surface area contributed by atoms with E-state index in [1.54, 1.807) is 73.7 Å². The van der Waals surface area contributed by atoms with Gasteiger partial charge in [-0.2, -0.15) is 5.10 Å². The molecule has 0 heterocycles. The summed E-state index contributed by atoms with van der Waals surface area (Å²) >= 11 is 9.33. The molecule has 182 valence electrons. The minimum absolute atomic E-state index is 0.283. The number of amides is 1. The molecule has 3 aromatic carbocycles. The summed E-state index contributed by atoms with van der Waals surface area (Å²) in [7, 11) is 0. The average Bonchev–Trinajstić information content (AvgIpc) is 2.84. The molecule has 0 aromatic heterocycles. The van der Waals surface area contributed by atoms with Crippen molar-refractivity contribution in [2.24, 2.45) is 5.10 Å². The van der Waals surface area contributed by atoms with Crippen molar-refractivity contribution >= 4 is 45.6 Å². The topological polar surface area (TPSA) is 86.2 Å². The van der Waals surface area contributed by atoms with E-state index >= 15 is 0 Å². The molecule has 0 saturated heterocycles. The Labute approximate surface area is 217 Å². The summed E-state index contributed by atoms with van der Waals surface area (Å²) in [6, 6.07) is 18.6. The van der Waals surface area contributed by atoms with Crippen LogP contribution in [0.1, 0.15) is 36.2 Å². The van der Waals surface area contributed by atoms with Crippen LogP contribution in [0.3, 0.4) is 0 Å². The molecule has 1 unspecified atom stereocenters. The molecule has 0 aliphatic rings. The van der Waals surface area contributed by atoms with E-state index in [-0.39, 0.29) is 5.75 Å². The van der Waals surface area contributed by atoms with Gasteiger partial charge in [-0.25, -0.2) is 10.2 Å². The van der Waals surface area contributed by atoms with Gasteiger partial charge >= 0.3 is 5.97 Å². The van der Waals surface area contributed by atoms with Crippen LogP contribution in [0.5, 0.6) is 17.2 Å². The number of carbonyl (C=O) groups excluding carboxylic acids is 2. The molecule has 0 saturated carbocycles.